The van der Waals surface area contributed by atoms with E-state index in [0.717, 1.165) is 49.4 Å². The highest BCUT2D eigenvalue weighted by Gasteiger charge is 2.30. The fourth-order valence-corrected chi connectivity index (χ4v) is 3.14. The number of rotatable bonds is 2. The smallest absolute Gasteiger partial charge is 0.173 e. The molecule has 1 aliphatic heterocycles. The lowest BCUT2D eigenvalue weighted by Crippen LogP contribution is -2.49. The van der Waals surface area contributed by atoms with Crippen LogP contribution < -0.4 is 10.6 Å². The molecule has 21 heavy (non-hydrogen) atoms. The summed E-state index contributed by atoms with van der Waals surface area (Å²) in [6.07, 6.45) is 3.14. The number of pyridine rings is 1. The van der Waals surface area contributed by atoms with Gasteiger partial charge in [0.2, 0.25) is 0 Å². The Morgan fingerprint density at radius 3 is 3.00 bits per heavy atom. The van der Waals surface area contributed by atoms with E-state index in [1.807, 2.05) is 6.07 Å². The van der Waals surface area contributed by atoms with Crippen LogP contribution in [0.15, 0.2) is 11.2 Å². The maximum absolute atomic E-state index is 9.05. The van der Waals surface area contributed by atoms with Crippen molar-refractivity contribution in [3.63, 3.8) is 0 Å². The second kappa shape index (κ2) is 5.18. The number of hydrogen-bond acceptors (Lipinski definition) is 5. The zero-order valence-corrected chi connectivity index (χ0v) is 12.6. The van der Waals surface area contributed by atoms with Crippen molar-refractivity contribution in [2.75, 3.05) is 24.6 Å². The van der Waals surface area contributed by atoms with Crippen LogP contribution >= 0.6 is 0 Å². The highest BCUT2D eigenvalue weighted by molar-refractivity contribution is 6.01. The van der Waals surface area contributed by atoms with Crippen LogP contribution in [0.25, 0.3) is 0 Å². The van der Waals surface area contributed by atoms with E-state index in [-0.39, 0.29) is 11.4 Å². The number of anilines is 1. The van der Waals surface area contributed by atoms with Crippen molar-refractivity contribution in [1.82, 2.24) is 4.98 Å². The SMILES string of the molecule is CC1(C)CN(c2nc3c(cc2C(N)=NO)CCC3)CCO1. The third-order valence-corrected chi connectivity index (χ3v) is 4.14. The zero-order valence-electron chi connectivity index (χ0n) is 12.6. The summed E-state index contributed by atoms with van der Waals surface area (Å²) < 4.78 is 5.76. The van der Waals surface area contributed by atoms with Crippen molar-refractivity contribution in [2.45, 2.75) is 38.7 Å². The second-order valence-corrected chi connectivity index (χ2v) is 6.33. The topological polar surface area (TPSA) is 84.0 Å². The fraction of sp³-hybridized carbons (Fsp3) is 0.600. The minimum atomic E-state index is -0.221. The van der Waals surface area contributed by atoms with Crippen molar-refractivity contribution in [2.24, 2.45) is 10.9 Å². The first-order valence-electron chi connectivity index (χ1n) is 7.40. The molecule has 2 heterocycles. The van der Waals surface area contributed by atoms with Gasteiger partial charge in [0.05, 0.1) is 17.8 Å². The van der Waals surface area contributed by atoms with Gasteiger partial charge in [-0.3, -0.25) is 0 Å². The number of nitrogens with zero attached hydrogens (tertiary/aromatic N) is 3. The molecular weight excluding hydrogens is 268 g/mol. The Hall–Kier alpha value is -1.82. The minimum absolute atomic E-state index is 0.122. The molecule has 1 aromatic rings. The van der Waals surface area contributed by atoms with Crippen molar-refractivity contribution in [1.29, 1.82) is 0 Å². The van der Waals surface area contributed by atoms with Crippen molar-refractivity contribution >= 4 is 11.7 Å². The average molecular weight is 290 g/mol. The van der Waals surface area contributed by atoms with E-state index >= 15 is 0 Å². The maximum Gasteiger partial charge on any atom is 0.173 e. The minimum Gasteiger partial charge on any atom is -0.409 e. The summed E-state index contributed by atoms with van der Waals surface area (Å²) in [5.74, 6) is 0.929. The molecule has 1 fully saturated rings. The van der Waals surface area contributed by atoms with Gasteiger partial charge in [0.25, 0.3) is 0 Å². The lowest BCUT2D eigenvalue weighted by Gasteiger charge is -2.39. The maximum atomic E-state index is 9.05. The van der Waals surface area contributed by atoms with Crippen molar-refractivity contribution < 1.29 is 9.94 Å². The highest BCUT2D eigenvalue weighted by atomic mass is 16.5. The van der Waals surface area contributed by atoms with Crippen LogP contribution in [-0.4, -0.2) is 41.3 Å². The zero-order chi connectivity index (χ0) is 15.0. The van der Waals surface area contributed by atoms with E-state index in [1.165, 1.54) is 5.56 Å². The third-order valence-electron chi connectivity index (χ3n) is 4.14. The monoisotopic (exact) mass is 290 g/mol. The first-order valence-corrected chi connectivity index (χ1v) is 7.40. The third kappa shape index (κ3) is 2.68. The van der Waals surface area contributed by atoms with Gasteiger partial charge in [-0.2, -0.15) is 0 Å². The molecule has 0 unspecified atom stereocenters. The summed E-state index contributed by atoms with van der Waals surface area (Å²) in [5, 5.41) is 12.2. The molecule has 6 heteroatoms. The quantitative estimate of drug-likeness (QED) is 0.371. The summed E-state index contributed by atoms with van der Waals surface area (Å²) in [7, 11) is 0. The Kier molecular flexibility index (Phi) is 3.49. The normalized spacial score (nSPS) is 21.4. The number of hydrogen-bond donors (Lipinski definition) is 2. The Morgan fingerprint density at radius 2 is 2.29 bits per heavy atom. The van der Waals surface area contributed by atoms with E-state index in [9.17, 15) is 0 Å². The summed E-state index contributed by atoms with van der Waals surface area (Å²) in [5.41, 5.74) is 8.72. The molecule has 0 saturated carbocycles. The van der Waals surface area contributed by atoms with Crippen molar-refractivity contribution in [3.8, 4) is 0 Å². The van der Waals surface area contributed by atoms with Crippen LogP contribution in [-0.2, 0) is 17.6 Å². The molecule has 114 valence electrons. The number of morpholine rings is 1. The van der Waals surface area contributed by atoms with Gasteiger partial charge in [0.15, 0.2) is 5.84 Å². The van der Waals surface area contributed by atoms with Crippen LogP contribution in [0.5, 0.6) is 0 Å². The van der Waals surface area contributed by atoms with Gasteiger partial charge in [-0.25, -0.2) is 4.98 Å². The predicted octanol–water partition coefficient (Wildman–Crippen LogP) is 1.28. The molecule has 1 aromatic heterocycles. The van der Waals surface area contributed by atoms with E-state index in [2.05, 4.69) is 23.9 Å². The number of aromatic nitrogens is 1. The molecule has 2 aliphatic rings. The first kappa shape index (κ1) is 14.1. The summed E-state index contributed by atoms with van der Waals surface area (Å²) in [6.45, 7) is 6.29. The van der Waals surface area contributed by atoms with E-state index < -0.39 is 0 Å². The largest absolute Gasteiger partial charge is 0.409 e. The Bertz CT molecular complexity index is 583. The van der Waals surface area contributed by atoms with Gasteiger partial charge in [-0.05, 0) is 44.7 Å². The number of amidine groups is 1. The van der Waals surface area contributed by atoms with Crippen LogP contribution in [0.4, 0.5) is 5.82 Å². The highest BCUT2D eigenvalue weighted by Crippen LogP contribution is 2.29. The molecule has 0 amide bonds. The van der Waals surface area contributed by atoms with Crippen LogP contribution in [0, 0.1) is 0 Å². The predicted molar refractivity (Wildman–Crippen MR) is 81.0 cm³/mol. The summed E-state index contributed by atoms with van der Waals surface area (Å²) in [4.78, 5) is 6.99. The Labute approximate surface area is 124 Å². The standard InChI is InChI=1S/C15H22N4O2/c1-15(2)9-19(6-7-21-15)14-11(13(16)18-20)8-10-4-3-5-12(10)17-14/h8,20H,3-7,9H2,1-2H3,(H2,16,18). The van der Waals surface area contributed by atoms with E-state index in [1.54, 1.807) is 0 Å². The van der Waals surface area contributed by atoms with Gasteiger partial charge in [-0.1, -0.05) is 5.16 Å². The molecule has 0 radical (unpaired) electrons. The Morgan fingerprint density at radius 1 is 1.48 bits per heavy atom. The summed E-state index contributed by atoms with van der Waals surface area (Å²) in [6, 6.07) is 2.03. The van der Waals surface area contributed by atoms with E-state index in [4.69, 9.17) is 20.7 Å². The van der Waals surface area contributed by atoms with Crippen molar-refractivity contribution in [3.05, 3.63) is 22.9 Å². The molecular formula is C15H22N4O2. The molecule has 3 rings (SSSR count). The number of nitrogens with two attached hydrogens (primary N) is 1. The number of fused-ring (bicyclic) bond motifs is 1. The van der Waals surface area contributed by atoms with E-state index in [0.29, 0.717) is 6.61 Å². The number of oxime groups is 1. The van der Waals surface area contributed by atoms with Gasteiger partial charge in [-0.15, -0.1) is 0 Å². The number of aryl methyl sites for hydroxylation is 2. The lowest BCUT2D eigenvalue weighted by atomic mass is 10.1. The van der Waals surface area contributed by atoms with Crippen LogP contribution in [0.2, 0.25) is 0 Å². The summed E-state index contributed by atoms with van der Waals surface area (Å²) >= 11 is 0. The molecule has 0 spiro atoms. The Balaban J connectivity index is 2.04. The van der Waals surface area contributed by atoms with Crippen LogP contribution in [0.3, 0.4) is 0 Å². The molecule has 0 aromatic carbocycles. The van der Waals surface area contributed by atoms with Gasteiger partial charge < -0.3 is 20.6 Å². The molecule has 6 nitrogen and oxygen atoms in total. The van der Waals surface area contributed by atoms with Crippen LogP contribution in [0.1, 0.15) is 37.1 Å². The molecule has 0 bridgehead atoms. The molecule has 3 N–H and O–H groups in total. The molecule has 1 aliphatic carbocycles. The average Bonchev–Trinajstić information content (AvgIpc) is 2.91. The lowest BCUT2D eigenvalue weighted by molar-refractivity contribution is -0.0279. The second-order valence-electron chi connectivity index (χ2n) is 6.33. The van der Waals surface area contributed by atoms with Gasteiger partial charge in [0, 0.05) is 18.8 Å². The molecule has 0 atom stereocenters. The van der Waals surface area contributed by atoms with Gasteiger partial charge in [0.1, 0.15) is 5.82 Å². The number of ether oxygens (including phenoxy) is 1. The molecule has 1 saturated heterocycles. The van der Waals surface area contributed by atoms with Gasteiger partial charge >= 0.3 is 0 Å². The fourth-order valence-electron chi connectivity index (χ4n) is 3.14. The first-order chi connectivity index (χ1) is 10.00.